The van der Waals surface area contributed by atoms with Crippen molar-refractivity contribution < 1.29 is 9.59 Å². The minimum Gasteiger partial charge on any atom is -0.352 e. The molecule has 0 spiro atoms. The molecule has 26 heavy (non-hydrogen) atoms. The number of carbonyl (C=O) groups is 2. The van der Waals surface area contributed by atoms with Crippen molar-refractivity contribution in [1.29, 1.82) is 0 Å². The van der Waals surface area contributed by atoms with E-state index in [2.05, 4.69) is 28.8 Å². The number of hydrogen-bond acceptors (Lipinski definition) is 4. The molecule has 1 aromatic rings. The van der Waals surface area contributed by atoms with Crippen LogP contribution in [0, 0.1) is 5.92 Å². The molecule has 0 radical (unpaired) electrons. The van der Waals surface area contributed by atoms with Gasteiger partial charge in [-0.25, -0.2) is 0 Å². The molecule has 2 amide bonds. The van der Waals surface area contributed by atoms with Crippen LogP contribution in [-0.4, -0.2) is 55.3 Å². The summed E-state index contributed by atoms with van der Waals surface area (Å²) in [6.07, 6.45) is 0.327. The third-order valence-electron chi connectivity index (χ3n) is 4.77. The summed E-state index contributed by atoms with van der Waals surface area (Å²) in [4.78, 5) is 28.2. The molecule has 146 valence electrons. The maximum absolute atomic E-state index is 12.4. The first-order valence-corrected chi connectivity index (χ1v) is 8.54. The number of likely N-dealkylation sites (N-methyl/N-ethyl adjacent to an activating group) is 1. The number of hydrogen-bond donors (Lipinski definition) is 2. The molecule has 2 N–H and O–H groups in total. The number of carbonyl (C=O) groups excluding carboxylic acids is 2. The Labute approximate surface area is 167 Å². The van der Waals surface area contributed by atoms with Crippen molar-refractivity contribution in [2.45, 2.75) is 26.1 Å². The molecule has 8 heteroatoms. The number of fused-ring (bicyclic) bond motifs is 1. The van der Waals surface area contributed by atoms with Crippen LogP contribution in [0.25, 0.3) is 0 Å². The minimum atomic E-state index is -0.226. The normalized spacial score (nSPS) is 18.3. The highest BCUT2D eigenvalue weighted by Crippen LogP contribution is 2.19. The van der Waals surface area contributed by atoms with Crippen molar-refractivity contribution in [2.24, 2.45) is 5.92 Å². The summed E-state index contributed by atoms with van der Waals surface area (Å²) < 4.78 is 0. The van der Waals surface area contributed by atoms with Gasteiger partial charge in [-0.15, -0.1) is 24.8 Å². The number of amides is 2. The summed E-state index contributed by atoms with van der Waals surface area (Å²) in [7, 11) is 3.97. The number of nitrogens with zero attached hydrogens (tertiary/aromatic N) is 2. The lowest BCUT2D eigenvalue weighted by atomic mass is 10.1. The van der Waals surface area contributed by atoms with Gasteiger partial charge >= 0.3 is 0 Å². The van der Waals surface area contributed by atoms with Gasteiger partial charge < -0.3 is 20.4 Å². The standard InChI is InChI=1S/C18H26N4O2.2ClH/c1-21(2)5-6-22-12-16(8-17(22)23)18(24)20-9-13-3-4-14-10-19-11-15(14)7-13;;/h3-4,7,16,19H,5-6,8-12H2,1-2H3,(H,20,24);2*1H. The molecule has 0 aliphatic carbocycles. The topological polar surface area (TPSA) is 64.7 Å². The van der Waals surface area contributed by atoms with Gasteiger partial charge in [0.15, 0.2) is 0 Å². The van der Waals surface area contributed by atoms with Crippen LogP contribution >= 0.6 is 24.8 Å². The van der Waals surface area contributed by atoms with Crippen molar-refractivity contribution in [2.75, 3.05) is 33.7 Å². The van der Waals surface area contributed by atoms with Crippen LogP contribution < -0.4 is 10.6 Å². The average Bonchev–Trinajstić information content (AvgIpc) is 3.16. The lowest BCUT2D eigenvalue weighted by Crippen LogP contribution is -2.35. The van der Waals surface area contributed by atoms with Gasteiger partial charge in [0.25, 0.3) is 0 Å². The Kier molecular flexibility index (Phi) is 8.83. The molecule has 2 aliphatic heterocycles. The van der Waals surface area contributed by atoms with Crippen LogP contribution in [0.3, 0.4) is 0 Å². The molecule has 6 nitrogen and oxygen atoms in total. The molecule has 3 rings (SSSR count). The minimum absolute atomic E-state index is 0. The second-order valence-electron chi connectivity index (χ2n) is 6.97. The largest absolute Gasteiger partial charge is 0.352 e. The number of nitrogens with one attached hydrogen (secondary N) is 2. The Morgan fingerprint density at radius 3 is 2.73 bits per heavy atom. The zero-order valence-corrected chi connectivity index (χ0v) is 16.9. The van der Waals surface area contributed by atoms with Gasteiger partial charge in [0.1, 0.15) is 0 Å². The molecule has 0 saturated carbocycles. The third-order valence-corrected chi connectivity index (χ3v) is 4.77. The Balaban J connectivity index is 0.00000169. The van der Waals surface area contributed by atoms with Crippen LogP contribution in [0.1, 0.15) is 23.1 Å². The van der Waals surface area contributed by atoms with Crippen LogP contribution in [0.5, 0.6) is 0 Å². The third kappa shape index (κ3) is 5.58. The van der Waals surface area contributed by atoms with Gasteiger partial charge in [-0.2, -0.15) is 0 Å². The van der Waals surface area contributed by atoms with Crippen LogP contribution in [0.15, 0.2) is 18.2 Å². The molecule has 2 heterocycles. The van der Waals surface area contributed by atoms with Crippen molar-refractivity contribution in [1.82, 2.24) is 20.4 Å². The van der Waals surface area contributed by atoms with E-state index >= 15 is 0 Å². The highest BCUT2D eigenvalue weighted by Gasteiger charge is 2.33. The predicted molar refractivity (Wildman–Crippen MR) is 107 cm³/mol. The smallest absolute Gasteiger partial charge is 0.225 e. The van der Waals surface area contributed by atoms with Crippen molar-refractivity contribution >= 4 is 36.6 Å². The van der Waals surface area contributed by atoms with E-state index in [9.17, 15) is 9.59 Å². The summed E-state index contributed by atoms with van der Waals surface area (Å²) >= 11 is 0. The number of halogens is 2. The van der Waals surface area contributed by atoms with Gasteiger partial charge in [0.05, 0.1) is 5.92 Å². The summed E-state index contributed by atoms with van der Waals surface area (Å²) in [6, 6.07) is 6.34. The molecular weight excluding hydrogens is 375 g/mol. The van der Waals surface area contributed by atoms with E-state index in [1.54, 1.807) is 4.90 Å². The molecule has 2 aliphatic rings. The Morgan fingerprint density at radius 2 is 2.00 bits per heavy atom. The SMILES string of the molecule is CN(C)CCN1CC(C(=O)NCc2ccc3c(c2)CNC3)CC1=O.Cl.Cl. The van der Waals surface area contributed by atoms with Gasteiger partial charge in [0, 0.05) is 45.7 Å². The number of rotatable bonds is 6. The van der Waals surface area contributed by atoms with Gasteiger partial charge in [-0.05, 0) is 30.8 Å². The van der Waals surface area contributed by atoms with Crippen LogP contribution in [0.2, 0.25) is 0 Å². The lowest BCUT2D eigenvalue weighted by molar-refractivity contribution is -0.129. The first-order valence-electron chi connectivity index (χ1n) is 8.54. The van der Waals surface area contributed by atoms with E-state index in [1.165, 1.54) is 11.1 Å². The highest BCUT2D eigenvalue weighted by molar-refractivity contribution is 5.89. The lowest BCUT2D eigenvalue weighted by Gasteiger charge is -2.19. The summed E-state index contributed by atoms with van der Waals surface area (Å²) in [5.41, 5.74) is 3.76. The Bertz CT molecular complexity index is 640. The van der Waals surface area contributed by atoms with Gasteiger partial charge in [-0.3, -0.25) is 9.59 Å². The fraction of sp³-hybridized carbons (Fsp3) is 0.556. The van der Waals surface area contributed by atoms with E-state index in [0.717, 1.165) is 25.2 Å². The zero-order chi connectivity index (χ0) is 17.1. The quantitative estimate of drug-likeness (QED) is 0.749. The molecule has 1 fully saturated rings. The fourth-order valence-corrected chi connectivity index (χ4v) is 3.28. The molecule has 0 aromatic heterocycles. The molecule has 0 bridgehead atoms. The van der Waals surface area contributed by atoms with E-state index in [-0.39, 0.29) is 42.5 Å². The molecule has 1 saturated heterocycles. The van der Waals surface area contributed by atoms with Crippen molar-refractivity contribution in [3.8, 4) is 0 Å². The first-order chi connectivity index (χ1) is 11.5. The average molecular weight is 403 g/mol. The second-order valence-corrected chi connectivity index (χ2v) is 6.97. The molecule has 1 aromatic carbocycles. The number of likely N-dealkylation sites (tertiary alicyclic amines) is 1. The van der Waals surface area contributed by atoms with E-state index in [0.29, 0.717) is 26.1 Å². The van der Waals surface area contributed by atoms with E-state index in [4.69, 9.17) is 0 Å². The summed E-state index contributed by atoms with van der Waals surface area (Å²) in [5, 5.41) is 6.31. The molecule has 1 atom stereocenters. The summed E-state index contributed by atoms with van der Waals surface area (Å²) in [5.74, 6) is -0.161. The second kappa shape index (κ2) is 10.1. The molecule has 1 unspecified atom stereocenters. The van der Waals surface area contributed by atoms with Crippen molar-refractivity contribution in [3.63, 3.8) is 0 Å². The fourth-order valence-electron chi connectivity index (χ4n) is 3.28. The van der Waals surface area contributed by atoms with E-state index < -0.39 is 0 Å². The highest BCUT2D eigenvalue weighted by atomic mass is 35.5. The van der Waals surface area contributed by atoms with Crippen molar-refractivity contribution in [3.05, 3.63) is 34.9 Å². The Hall–Kier alpha value is -1.34. The zero-order valence-electron chi connectivity index (χ0n) is 15.3. The summed E-state index contributed by atoms with van der Waals surface area (Å²) in [6.45, 7) is 4.39. The monoisotopic (exact) mass is 402 g/mol. The van der Waals surface area contributed by atoms with Gasteiger partial charge in [0.2, 0.25) is 11.8 Å². The number of benzene rings is 1. The van der Waals surface area contributed by atoms with Crippen LogP contribution in [-0.2, 0) is 29.2 Å². The first kappa shape index (κ1) is 22.7. The Morgan fingerprint density at radius 1 is 1.27 bits per heavy atom. The van der Waals surface area contributed by atoms with Gasteiger partial charge in [-0.1, -0.05) is 18.2 Å². The maximum atomic E-state index is 12.4. The van der Waals surface area contributed by atoms with Crippen LogP contribution in [0.4, 0.5) is 0 Å². The van der Waals surface area contributed by atoms with E-state index in [1.807, 2.05) is 19.0 Å². The predicted octanol–water partition coefficient (Wildman–Crippen LogP) is 1.16. The maximum Gasteiger partial charge on any atom is 0.225 e. The molecular formula is C18H28Cl2N4O2.